The molecular formula is C104H100N4O8. The molecule has 8 aromatic rings. The Balaban J connectivity index is 0.0000000966. The van der Waals surface area contributed by atoms with Crippen molar-refractivity contribution in [2.45, 2.75) is 205 Å². The summed E-state index contributed by atoms with van der Waals surface area (Å²) in [4.78, 5) is 66.6. The van der Waals surface area contributed by atoms with E-state index in [1.54, 1.807) is 0 Å². The van der Waals surface area contributed by atoms with Gasteiger partial charge in [0.05, 0.1) is 22.3 Å². The molecule has 16 aliphatic rings. The number of Topliss-reactive ketones (excluding diaryl/α,β-unsaturated/α-hetero) is 4. The van der Waals surface area contributed by atoms with Crippen molar-refractivity contribution in [3.8, 4) is 0 Å². The maximum absolute atomic E-state index is 12.4. The number of hydrogen-bond acceptors (Lipinski definition) is 12. The van der Waals surface area contributed by atoms with E-state index < -0.39 is 0 Å². The van der Waals surface area contributed by atoms with E-state index in [4.69, 9.17) is 18.9 Å². The SMILES string of the molecule is C[C@]12C=CC3=CC4=C(CCCC4=O)O[C@H]3[C@@H]1CC=C2c1cccc2cnccc12.C[C@]12C=CC3=CC4=C(CCCC4=O)O[C@H]3[C@@H]1CC[C@@H]2c1cccc2cnccc12.C[C@]12CCC3=CC4=C(CCCC4=O)O[C@H]3[C@@H]1CC=C2c1cccc2cnccc12.C[C@]12CCC3=CC4=C(CCCC4=O)O[C@H]3[C@@H]1CC[C@@H]2c1cccc2cnccc12. The van der Waals surface area contributed by atoms with Crippen molar-refractivity contribution < 1.29 is 38.1 Å². The first kappa shape index (κ1) is 72.9. The lowest BCUT2D eigenvalue weighted by molar-refractivity contribution is -0.117. The molecule has 12 aliphatic carbocycles. The largest absolute Gasteiger partial charge is 0.489 e. The first-order chi connectivity index (χ1) is 56.6. The Morgan fingerprint density at radius 3 is 1.33 bits per heavy atom. The number of nitrogens with zero attached hydrogens (tertiary/aromatic N) is 4. The molecule has 8 heterocycles. The predicted octanol–water partition coefficient (Wildman–Crippen LogP) is 22.8. The van der Waals surface area contributed by atoms with Crippen molar-refractivity contribution in [3.05, 3.63) is 297 Å². The van der Waals surface area contributed by atoms with Crippen LogP contribution in [0.5, 0.6) is 0 Å². The van der Waals surface area contributed by atoms with Crippen molar-refractivity contribution in [3.63, 3.8) is 0 Å². The molecule has 4 aromatic heterocycles. The van der Waals surface area contributed by atoms with Crippen LogP contribution in [0.3, 0.4) is 0 Å². The summed E-state index contributed by atoms with van der Waals surface area (Å²) in [6, 6.07) is 34.9. The monoisotopic (exact) mass is 1530 g/mol. The van der Waals surface area contributed by atoms with E-state index in [1.165, 1.54) is 112 Å². The van der Waals surface area contributed by atoms with Crippen LogP contribution < -0.4 is 0 Å². The number of hydrogen-bond donors (Lipinski definition) is 0. The average Bonchev–Trinajstić information content (AvgIpc) is 1.54. The van der Waals surface area contributed by atoms with Gasteiger partial charge in [0.2, 0.25) is 0 Å². The van der Waals surface area contributed by atoms with E-state index in [0.29, 0.717) is 61.2 Å². The van der Waals surface area contributed by atoms with Crippen LogP contribution in [0, 0.1) is 45.3 Å². The first-order valence-electron chi connectivity index (χ1n) is 43.3. The summed E-state index contributed by atoms with van der Waals surface area (Å²) in [7, 11) is 0. The fraction of sp³-hybridized carbons (Fsp3) is 0.385. The van der Waals surface area contributed by atoms with E-state index in [0.717, 1.165) is 147 Å². The quantitative estimate of drug-likeness (QED) is 0.165. The van der Waals surface area contributed by atoms with Crippen LogP contribution in [0.4, 0.5) is 0 Å². The highest BCUT2D eigenvalue weighted by Crippen LogP contribution is 2.65. The van der Waals surface area contributed by atoms with Gasteiger partial charge in [0.1, 0.15) is 47.5 Å². The third-order valence-electron chi connectivity index (χ3n) is 30.8. The van der Waals surface area contributed by atoms with Crippen LogP contribution in [0.25, 0.3) is 54.2 Å². The van der Waals surface area contributed by atoms with E-state index in [-0.39, 0.29) is 69.2 Å². The molecule has 4 aliphatic heterocycles. The van der Waals surface area contributed by atoms with Gasteiger partial charge in [0.15, 0.2) is 23.1 Å². The molecule has 0 unspecified atom stereocenters. The Morgan fingerprint density at radius 1 is 0.371 bits per heavy atom. The molecule has 116 heavy (non-hydrogen) atoms. The van der Waals surface area contributed by atoms with Gasteiger partial charge in [-0.15, -0.1) is 0 Å². The summed E-state index contributed by atoms with van der Waals surface area (Å²) < 4.78 is 26.2. The molecular weight excluding hydrogens is 1430 g/mol. The molecule has 0 bridgehead atoms. The Hall–Kier alpha value is -10.7. The predicted molar refractivity (Wildman–Crippen MR) is 455 cm³/mol. The van der Waals surface area contributed by atoms with Crippen molar-refractivity contribution >= 4 is 77.4 Å². The topological polar surface area (TPSA) is 157 Å². The minimum Gasteiger partial charge on any atom is -0.489 e. The zero-order chi connectivity index (χ0) is 78.3. The summed E-state index contributed by atoms with van der Waals surface area (Å²) in [6.07, 6.45) is 59.4. The summed E-state index contributed by atoms with van der Waals surface area (Å²) in [5, 5.41) is 10.0. The highest BCUT2D eigenvalue weighted by molar-refractivity contribution is 6.03. The molecule has 24 rings (SSSR count). The molecule has 0 spiro atoms. The molecule has 4 saturated carbocycles. The van der Waals surface area contributed by atoms with E-state index in [2.05, 4.69) is 205 Å². The summed E-state index contributed by atoms with van der Waals surface area (Å²) >= 11 is 0. The maximum Gasteiger partial charge on any atom is 0.166 e. The number of pyridine rings is 4. The number of ether oxygens (including phenoxy) is 4. The second-order valence-corrected chi connectivity index (χ2v) is 36.7. The van der Waals surface area contributed by atoms with E-state index >= 15 is 0 Å². The molecule has 0 N–H and O–H groups in total. The molecule has 584 valence electrons. The molecule has 0 amide bonds. The van der Waals surface area contributed by atoms with Gasteiger partial charge in [-0.1, -0.05) is 137 Å². The van der Waals surface area contributed by atoms with Gasteiger partial charge >= 0.3 is 0 Å². The second-order valence-electron chi connectivity index (χ2n) is 36.7. The minimum atomic E-state index is -0.0870. The number of benzene rings is 4. The van der Waals surface area contributed by atoms with Crippen LogP contribution in [0.2, 0.25) is 0 Å². The zero-order valence-electron chi connectivity index (χ0n) is 67.0. The number of aromatic nitrogens is 4. The van der Waals surface area contributed by atoms with Crippen LogP contribution >= 0.6 is 0 Å². The number of fused-ring (bicyclic) bond motifs is 16. The summed E-state index contributed by atoms with van der Waals surface area (Å²) in [6.45, 7) is 9.66. The van der Waals surface area contributed by atoms with Gasteiger partial charge in [-0.2, -0.15) is 0 Å². The van der Waals surface area contributed by atoms with Crippen LogP contribution in [-0.4, -0.2) is 67.5 Å². The lowest BCUT2D eigenvalue weighted by Crippen LogP contribution is -2.43. The first-order valence-corrected chi connectivity index (χ1v) is 43.3. The molecule has 14 atom stereocenters. The second kappa shape index (κ2) is 28.6. The van der Waals surface area contributed by atoms with Gasteiger partial charge in [-0.25, -0.2) is 0 Å². The fourth-order valence-corrected chi connectivity index (χ4v) is 24.6. The molecule has 12 nitrogen and oxygen atoms in total. The fourth-order valence-electron chi connectivity index (χ4n) is 24.6. The van der Waals surface area contributed by atoms with Crippen molar-refractivity contribution in [1.82, 2.24) is 19.9 Å². The number of carbonyl (C=O) groups excluding carboxylic acids is 4. The lowest BCUT2D eigenvalue weighted by Gasteiger charge is -2.48. The third kappa shape index (κ3) is 11.9. The van der Waals surface area contributed by atoms with Gasteiger partial charge in [-0.3, -0.25) is 39.1 Å². The van der Waals surface area contributed by atoms with Crippen molar-refractivity contribution in [1.29, 1.82) is 0 Å². The molecule has 12 heteroatoms. The smallest absolute Gasteiger partial charge is 0.166 e. The maximum atomic E-state index is 12.4. The highest BCUT2D eigenvalue weighted by Gasteiger charge is 2.58. The van der Waals surface area contributed by atoms with Gasteiger partial charge < -0.3 is 18.9 Å². The Kier molecular flexibility index (Phi) is 18.0. The summed E-state index contributed by atoms with van der Waals surface area (Å²) in [5.41, 5.74) is 17.1. The lowest BCUT2D eigenvalue weighted by atomic mass is 9.61. The van der Waals surface area contributed by atoms with Gasteiger partial charge in [0, 0.05) is 157 Å². The number of carbonyl (C=O) groups is 4. The van der Waals surface area contributed by atoms with Crippen molar-refractivity contribution in [2.75, 3.05) is 0 Å². The van der Waals surface area contributed by atoms with Crippen molar-refractivity contribution in [2.24, 2.45) is 45.3 Å². The number of rotatable bonds is 4. The minimum absolute atomic E-state index is 0.0278. The molecule has 4 fully saturated rings. The van der Waals surface area contributed by atoms with Crippen LogP contribution in [0.1, 0.15) is 203 Å². The van der Waals surface area contributed by atoms with Crippen LogP contribution in [-0.2, 0) is 38.1 Å². The standard InChI is InChI=1S/C26H27NO2.2C26H25NO2.C26H23NO2/c4*1-26-12-10-16-14-20-23(28)6-3-7-24(20)29-25(16)22(26)9-8-21(26)19-5-2-4-17-15-27-13-11-18(17)19/h2,4-5,11,13-15,21-22,25H,3,6-10,12H2,1H3;2,4-5,10-15,21-22,25H,3,6-9H2,1H3;2,4-5,8,11,13-15,22,25H,3,6-7,9-10,12H2,1H3;2,4-5,8,10-15,22,25H,3,6-7,9H2,1H3/t2*21-,22+,25-,26-;2*22-,25+,26+/m1100/s1. The molecule has 0 radical (unpaired) electrons. The third-order valence-corrected chi connectivity index (χ3v) is 30.8. The zero-order valence-corrected chi connectivity index (χ0v) is 67.0. The number of allylic oxidation sites excluding steroid dienone is 18. The number of ketones is 4. The Labute approximate surface area is 679 Å². The molecule has 0 saturated heterocycles. The van der Waals surface area contributed by atoms with Gasteiger partial charge in [-0.05, 0) is 238 Å². The van der Waals surface area contributed by atoms with E-state index in [1.807, 2.05) is 49.6 Å². The van der Waals surface area contributed by atoms with Gasteiger partial charge in [0.25, 0.3) is 0 Å². The average molecular weight is 1530 g/mol. The van der Waals surface area contributed by atoms with E-state index in [9.17, 15) is 19.2 Å². The Morgan fingerprint density at radius 2 is 0.784 bits per heavy atom. The molecule has 4 aromatic carbocycles. The Bertz CT molecular complexity index is 5830. The van der Waals surface area contributed by atoms with Crippen LogP contribution in [0.15, 0.2) is 275 Å². The summed E-state index contributed by atoms with van der Waals surface area (Å²) in [5.74, 6) is 7.53. The normalized spacial score (nSPS) is 32.0. The highest BCUT2D eigenvalue weighted by atomic mass is 16.5.